The van der Waals surface area contributed by atoms with Crippen LogP contribution in [0.4, 0.5) is 0 Å². The first-order valence-electron chi connectivity index (χ1n) is 2.40. The van der Waals surface area contributed by atoms with Crippen LogP contribution in [0.25, 0.3) is 0 Å². The molecule has 0 spiro atoms. The largest absolute Gasteiger partial charge is 0.506 e. The van der Waals surface area contributed by atoms with E-state index in [4.69, 9.17) is 5.11 Å². The molecular weight excluding hydrogens is 102 g/mol. The molecule has 8 heavy (non-hydrogen) atoms. The average Bonchev–Trinajstić information content (AvgIpc) is 1.77. The van der Waals surface area contributed by atoms with Crippen molar-refractivity contribution in [1.82, 2.24) is 4.98 Å². The molecule has 0 aliphatic rings. The Labute approximate surface area is 47.8 Å². The van der Waals surface area contributed by atoms with E-state index in [9.17, 15) is 0 Å². The lowest BCUT2D eigenvalue weighted by Gasteiger charge is -1.91. The Bertz CT molecular complexity index is 165. The van der Waals surface area contributed by atoms with Crippen molar-refractivity contribution in [3.63, 3.8) is 0 Å². The minimum Gasteiger partial charge on any atom is -0.506 e. The minimum atomic E-state index is 0.257. The van der Waals surface area contributed by atoms with E-state index in [1.807, 2.05) is 6.92 Å². The fraction of sp³-hybridized carbons (Fsp3) is 0.167. The van der Waals surface area contributed by atoms with Crippen LogP contribution in [0.5, 0.6) is 5.75 Å². The van der Waals surface area contributed by atoms with Crippen molar-refractivity contribution in [2.45, 2.75) is 6.92 Å². The van der Waals surface area contributed by atoms with Gasteiger partial charge in [0, 0.05) is 6.20 Å². The van der Waals surface area contributed by atoms with Gasteiger partial charge < -0.3 is 5.11 Å². The standard InChI is InChI=1S/C6H7NO/c1-5-2-3-7-4-6(5)8/h2-4,8H,1H3. The zero-order chi connectivity index (χ0) is 5.98. The maximum Gasteiger partial charge on any atom is 0.136 e. The van der Waals surface area contributed by atoms with Crippen molar-refractivity contribution >= 4 is 0 Å². The Morgan fingerprint density at radius 2 is 2.38 bits per heavy atom. The molecule has 0 aromatic carbocycles. The lowest BCUT2D eigenvalue weighted by molar-refractivity contribution is 0.468. The summed E-state index contributed by atoms with van der Waals surface area (Å²) in [7, 11) is 0. The van der Waals surface area contributed by atoms with E-state index in [1.165, 1.54) is 6.20 Å². The van der Waals surface area contributed by atoms with Gasteiger partial charge in [0.25, 0.3) is 0 Å². The summed E-state index contributed by atoms with van der Waals surface area (Å²) in [5.41, 5.74) is 0.861. The fourth-order valence-corrected chi connectivity index (χ4v) is 0.456. The molecule has 0 bridgehead atoms. The van der Waals surface area contributed by atoms with Gasteiger partial charge in [-0.05, 0) is 18.6 Å². The van der Waals surface area contributed by atoms with Crippen molar-refractivity contribution in [3.05, 3.63) is 24.0 Å². The predicted molar refractivity (Wildman–Crippen MR) is 30.6 cm³/mol. The number of aryl methyl sites for hydroxylation is 1. The molecular formula is C6H7NO. The number of pyridine rings is 1. The highest BCUT2D eigenvalue weighted by Crippen LogP contribution is 2.10. The molecule has 1 aromatic rings. The van der Waals surface area contributed by atoms with Crippen LogP contribution in [0.3, 0.4) is 0 Å². The highest BCUT2D eigenvalue weighted by atomic mass is 16.3. The summed E-state index contributed by atoms with van der Waals surface area (Å²) in [5, 5.41) is 8.86. The first-order valence-corrected chi connectivity index (χ1v) is 2.40. The zero-order valence-corrected chi connectivity index (χ0v) is 4.63. The van der Waals surface area contributed by atoms with E-state index < -0.39 is 0 Å². The van der Waals surface area contributed by atoms with Gasteiger partial charge in [0.1, 0.15) is 5.75 Å². The molecule has 1 N–H and O–H groups in total. The first-order chi connectivity index (χ1) is 3.80. The van der Waals surface area contributed by atoms with Gasteiger partial charge in [-0.1, -0.05) is 0 Å². The summed E-state index contributed by atoms with van der Waals surface area (Å²) in [6.07, 6.45) is 3.07. The summed E-state index contributed by atoms with van der Waals surface area (Å²) >= 11 is 0. The van der Waals surface area contributed by atoms with Crippen LogP contribution >= 0.6 is 0 Å². The number of nitrogens with zero attached hydrogens (tertiary/aromatic N) is 1. The van der Waals surface area contributed by atoms with Gasteiger partial charge in [-0.15, -0.1) is 0 Å². The smallest absolute Gasteiger partial charge is 0.136 e. The second-order valence-corrected chi connectivity index (χ2v) is 1.66. The van der Waals surface area contributed by atoms with Gasteiger partial charge in [-0.2, -0.15) is 0 Å². The highest BCUT2D eigenvalue weighted by molar-refractivity contribution is 5.25. The third-order valence-corrected chi connectivity index (χ3v) is 1.01. The van der Waals surface area contributed by atoms with Gasteiger partial charge in [0.15, 0.2) is 0 Å². The lowest BCUT2D eigenvalue weighted by Crippen LogP contribution is -1.73. The van der Waals surface area contributed by atoms with Crippen LogP contribution in [0.1, 0.15) is 5.56 Å². The van der Waals surface area contributed by atoms with Crippen LogP contribution < -0.4 is 0 Å². The molecule has 2 nitrogen and oxygen atoms in total. The molecule has 42 valence electrons. The Kier molecular flexibility index (Phi) is 1.16. The summed E-state index contributed by atoms with van der Waals surface area (Å²) < 4.78 is 0. The second-order valence-electron chi connectivity index (χ2n) is 1.66. The molecule has 0 atom stereocenters. The number of hydrogen-bond donors (Lipinski definition) is 1. The zero-order valence-electron chi connectivity index (χ0n) is 4.63. The Hall–Kier alpha value is -1.05. The van der Waals surface area contributed by atoms with Gasteiger partial charge in [0.05, 0.1) is 6.20 Å². The maximum atomic E-state index is 8.86. The number of aromatic nitrogens is 1. The fourth-order valence-electron chi connectivity index (χ4n) is 0.456. The summed E-state index contributed by atoms with van der Waals surface area (Å²) in [5.74, 6) is 0.257. The third kappa shape index (κ3) is 0.780. The van der Waals surface area contributed by atoms with Crippen molar-refractivity contribution < 1.29 is 5.11 Å². The Morgan fingerprint density at radius 3 is 2.75 bits per heavy atom. The number of hydrogen-bond acceptors (Lipinski definition) is 2. The molecule has 0 saturated carbocycles. The van der Waals surface area contributed by atoms with E-state index in [2.05, 4.69) is 4.98 Å². The van der Waals surface area contributed by atoms with Crippen molar-refractivity contribution in [2.24, 2.45) is 0 Å². The molecule has 1 heterocycles. The number of rotatable bonds is 0. The molecule has 0 amide bonds. The SMILES string of the molecule is Cc1ccncc1O. The summed E-state index contributed by atoms with van der Waals surface area (Å²) in [6, 6.07) is 1.76. The monoisotopic (exact) mass is 109 g/mol. The quantitative estimate of drug-likeness (QED) is 0.541. The van der Waals surface area contributed by atoms with E-state index in [0.29, 0.717) is 0 Å². The van der Waals surface area contributed by atoms with Crippen molar-refractivity contribution in [2.75, 3.05) is 0 Å². The molecule has 0 aliphatic carbocycles. The van der Waals surface area contributed by atoms with E-state index in [0.717, 1.165) is 5.56 Å². The molecule has 0 unspecified atom stereocenters. The highest BCUT2D eigenvalue weighted by Gasteiger charge is 1.88. The molecule has 2 heteroatoms. The van der Waals surface area contributed by atoms with Crippen LogP contribution in [0, 0.1) is 6.92 Å². The molecule has 1 aromatic heterocycles. The molecule has 1 rings (SSSR count). The van der Waals surface area contributed by atoms with Gasteiger partial charge >= 0.3 is 0 Å². The topological polar surface area (TPSA) is 33.1 Å². The normalized spacial score (nSPS) is 9.12. The van der Waals surface area contributed by atoms with E-state index >= 15 is 0 Å². The van der Waals surface area contributed by atoms with Crippen LogP contribution in [-0.4, -0.2) is 10.1 Å². The van der Waals surface area contributed by atoms with E-state index in [-0.39, 0.29) is 5.75 Å². The second kappa shape index (κ2) is 1.82. The molecule has 0 radical (unpaired) electrons. The maximum absolute atomic E-state index is 8.86. The Balaban J connectivity index is 3.13. The predicted octanol–water partition coefficient (Wildman–Crippen LogP) is 1.10. The van der Waals surface area contributed by atoms with Crippen LogP contribution in [0.15, 0.2) is 18.5 Å². The summed E-state index contributed by atoms with van der Waals surface area (Å²) in [4.78, 5) is 3.70. The first kappa shape index (κ1) is 5.09. The molecule has 0 fully saturated rings. The van der Waals surface area contributed by atoms with Gasteiger partial charge in [0.2, 0.25) is 0 Å². The summed E-state index contributed by atoms with van der Waals surface area (Å²) in [6.45, 7) is 1.83. The Morgan fingerprint density at radius 1 is 1.62 bits per heavy atom. The van der Waals surface area contributed by atoms with Crippen LogP contribution in [0.2, 0.25) is 0 Å². The molecule has 0 saturated heterocycles. The van der Waals surface area contributed by atoms with Gasteiger partial charge in [-0.3, -0.25) is 4.98 Å². The van der Waals surface area contributed by atoms with Crippen molar-refractivity contribution in [3.8, 4) is 5.75 Å². The van der Waals surface area contributed by atoms with Gasteiger partial charge in [-0.25, -0.2) is 0 Å². The number of aromatic hydroxyl groups is 1. The van der Waals surface area contributed by atoms with Crippen molar-refractivity contribution in [1.29, 1.82) is 0 Å². The van der Waals surface area contributed by atoms with E-state index in [1.54, 1.807) is 12.3 Å². The van der Waals surface area contributed by atoms with Crippen LogP contribution in [-0.2, 0) is 0 Å². The third-order valence-electron chi connectivity index (χ3n) is 1.01. The lowest BCUT2D eigenvalue weighted by atomic mass is 10.3. The minimum absolute atomic E-state index is 0.257. The average molecular weight is 109 g/mol. The molecule has 0 aliphatic heterocycles.